The minimum absolute atomic E-state index is 0.0232. The Morgan fingerprint density at radius 3 is 2.53 bits per heavy atom. The van der Waals surface area contributed by atoms with Crippen LogP contribution in [0.3, 0.4) is 0 Å². The summed E-state index contributed by atoms with van der Waals surface area (Å²) in [7, 11) is 0. The molecule has 1 spiro atoms. The molecule has 0 bridgehead atoms. The Bertz CT molecular complexity index is 752. The monoisotopic (exact) mass is 414 g/mol. The van der Waals surface area contributed by atoms with Crippen LogP contribution < -0.4 is 0 Å². The van der Waals surface area contributed by atoms with Crippen molar-refractivity contribution in [2.45, 2.75) is 115 Å². The Morgan fingerprint density at radius 1 is 0.833 bits per heavy atom. The van der Waals surface area contributed by atoms with Gasteiger partial charge in [0.1, 0.15) is 5.60 Å². The van der Waals surface area contributed by atoms with Gasteiger partial charge in [-0.1, -0.05) is 33.6 Å². The third-order valence-corrected chi connectivity index (χ3v) is 12.4. The number of hydrogen-bond donors (Lipinski definition) is 0. The van der Waals surface area contributed by atoms with Crippen molar-refractivity contribution in [2.24, 2.45) is 46.3 Å². The van der Waals surface area contributed by atoms with Gasteiger partial charge in [-0.15, -0.1) is 0 Å². The number of hydrogen-bond acceptors (Lipinski definition) is 3. The van der Waals surface area contributed by atoms with Gasteiger partial charge in [-0.25, -0.2) is 0 Å². The van der Waals surface area contributed by atoms with E-state index >= 15 is 0 Å². The summed E-state index contributed by atoms with van der Waals surface area (Å²) in [5, 5.41) is 0. The van der Waals surface area contributed by atoms with E-state index in [1.54, 1.807) is 0 Å². The summed E-state index contributed by atoms with van der Waals surface area (Å²) < 4.78 is 19.4. The maximum Gasteiger partial charge on any atom is 0.174 e. The fourth-order valence-corrected chi connectivity index (χ4v) is 10.6. The minimum atomic E-state index is -0.367. The summed E-state index contributed by atoms with van der Waals surface area (Å²) in [5.41, 5.74) is 1.06. The molecule has 4 aliphatic carbocycles. The maximum atomic E-state index is 6.93. The molecule has 3 heteroatoms. The van der Waals surface area contributed by atoms with Crippen molar-refractivity contribution in [2.75, 3.05) is 6.61 Å². The summed E-state index contributed by atoms with van der Waals surface area (Å²) in [6, 6.07) is 0. The van der Waals surface area contributed by atoms with Gasteiger partial charge in [-0.05, 0) is 92.3 Å². The van der Waals surface area contributed by atoms with Crippen molar-refractivity contribution in [3.63, 3.8) is 0 Å². The Balaban J connectivity index is 1.17. The van der Waals surface area contributed by atoms with Crippen molar-refractivity contribution in [3.05, 3.63) is 0 Å². The fourth-order valence-electron chi connectivity index (χ4n) is 10.6. The van der Waals surface area contributed by atoms with Crippen LogP contribution in [0.25, 0.3) is 0 Å². The standard InChI is InChI=1S/C27H42O3/c1-16-23-21(29-27(16)14-22-26(4,30-22)15-28-27)13-20-18-9-8-17-7-5-6-11-24(17,2)19(18)10-12-25(20,23)3/h16-23H,5-15H2,1-4H3. The van der Waals surface area contributed by atoms with E-state index in [2.05, 4.69) is 27.7 Å². The van der Waals surface area contributed by atoms with E-state index < -0.39 is 0 Å². The summed E-state index contributed by atoms with van der Waals surface area (Å²) in [5.74, 6) is 4.60. The van der Waals surface area contributed by atoms with Crippen molar-refractivity contribution < 1.29 is 14.2 Å². The highest BCUT2D eigenvalue weighted by molar-refractivity contribution is 5.17. The van der Waals surface area contributed by atoms with Crippen molar-refractivity contribution >= 4 is 0 Å². The largest absolute Gasteiger partial charge is 0.364 e. The SMILES string of the molecule is CC1C2C(CC3C4CCC5CCCCC5(C)C4CCC32C)OC12CC1OC1(C)CO2. The molecule has 0 aromatic carbocycles. The first-order valence-electron chi connectivity index (χ1n) is 13.3. The average Bonchev–Trinajstić information content (AvgIpc) is 3.18. The summed E-state index contributed by atoms with van der Waals surface area (Å²) in [4.78, 5) is 0. The molecular formula is C27H42O3. The topological polar surface area (TPSA) is 31.0 Å². The molecule has 7 aliphatic rings. The van der Waals surface area contributed by atoms with Crippen LogP contribution in [0.4, 0.5) is 0 Å². The molecule has 0 N–H and O–H groups in total. The summed E-state index contributed by atoms with van der Waals surface area (Å²) in [6.07, 6.45) is 14.9. The molecule has 7 fully saturated rings. The molecule has 3 nitrogen and oxygen atoms in total. The second-order valence-electron chi connectivity index (χ2n) is 13.4. The van der Waals surface area contributed by atoms with Crippen LogP contribution in [0.5, 0.6) is 0 Å². The van der Waals surface area contributed by atoms with Crippen molar-refractivity contribution in [1.82, 2.24) is 0 Å². The molecular weight excluding hydrogens is 372 g/mol. The quantitative estimate of drug-likeness (QED) is 0.459. The highest BCUT2D eigenvalue weighted by Crippen LogP contribution is 2.71. The zero-order chi connectivity index (χ0) is 20.5. The van der Waals surface area contributed by atoms with Crippen LogP contribution in [0.1, 0.15) is 91.9 Å². The third-order valence-electron chi connectivity index (χ3n) is 12.4. The van der Waals surface area contributed by atoms with Gasteiger partial charge in [-0.2, -0.15) is 0 Å². The highest BCUT2D eigenvalue weighted by Gasteiger charge is 2.72. The lowest BCUT2D eigenvalue weighted by Crippen LogP contribution is -2.54. The molecule has 0 aromatic rings. The van der Waals surface area contributed by atoms with Crippen LogP contribution in [-0.4, -0.2) is 30.2 Å². The second kappa shape index (κ2) is 5.86. The van der Waals surface area contributed by atoms with E-state index in [0.29, 0.717) is 41.5 Å². The Morgan fingerprint density at radius 2 is 1.70 bits per heavy atom. The zero-order valence-electron chi connectivity index (χ0n) is 19.6. The first kappa shape index (κ1) is 19.4. The highest BCUT2D eigenvalue weighted by atomic mass is 16.7. The van der Waals surface area contributed by atoms with Crippen LogP contribution in [-0.2, 0) is 14.2 Å². The Labute approximate surface area is 183 Å². The molecule has 0 aromatic heterocycles. The zero-order valence-corrected chi connectivity index (χ0v) is 19.6. The van der Waals surface area contributed by atoms with Crippen LogP contribution >= 0.6 is 0 Å². The molecule has 3 saturated heterocycles. The predicted octanol–water partition coefficient (Wildman–Crippen LogP) is 5.95. The molecule has 12 atom stereocenters. The van der Waals surface area contributed by atoms with E-state index in [9.17, 15) is 0 Å². The average molecular weight is 415 g/mol. The van der Waals surface area contributed by atoms with E-state index in [0.717, 1.165) is 30.1 Å². The molecule has 3 aliphatic heterocycles. The fraction of sp³-hybridized carbons (Fsp3) is 1.00. The smallest absolute Gasteiger partial charge is 0.174 e. The molecule has 12 unspecified atom stereocenters. The van der Waals surface area contributed by atoms with Crippen molar-refractivity contribution in [3.8, 4) is 0 Å². The van der Waals surface area contributed by atoms with E-state index in [4.69, 9.17) is 14.2 Å². The van der Waals surface area contributed by atoms with Gasteiger partial charge in [0.25, 0.3) is 0 Å². The summed E-state index contributed by atoms with van der Waals surface area (Å²) >= 11 is 0. The summed E-state index contributed by atoms with van der Waals surface area (Å²) in [6.45, 7) is 10.7. The van der Waals surface area contributed by atoms with Crippen molar-refractivity contribution in [1.29, 1.82) is 0 Å². The lowest BCUT2D eigenvalue weighted by Gasteiger charge is -2.61. The maximum absolute atomic E-state index is 6.93. The van der Waals surface area contributed by atoms with Gasteiger partial charge < -0.3 is 14.2 Å². The van der Waals surface area contributed by atoms with E-state index in [-0.39, 0.29) is 11.4 Å². The second-order valence-corrected chi connectivity index (χ2v) is 13.4. The van der Waals surface area contributed by atoms with Gasteiger partial charge in [0.15, 0.2) is 5.79 Å². The first-order chi connectivity index (χ1) is 14.3. The van der Waals surface area contributed by atoms with Gasteiger partial charge in [0.2, 0.25) is 0 Å². The predicted molar refractivity (Wildman–Crippen MR) is 116 cm³/mol. The number of epoxide rings is 1. The number of rotatable bonds is 0. The number of ether oxygens (including phenoxy) is 3. The lowest BCUT2D eigenvalue weighted by atomic mass is 9.44. The lowest BCUT2D eigenvalue weighted by molar-refractivity contribution is -0.264. The molecule has 7 rings (SSSR count). The third kappa shape index (κ3) is 2.24. The molecule has 0 radical (unpaired) electrons. The Hall–Kier alpha value is -0.120. The minimum Gasteiger partial charge on any atom is -0.364 e. The molecule has 4 saturated carbocycles. The van der Waals surface area contributed by atoms with Crippen LogP contribution in [0, 0.1) is 46.3 Å². The molecule has 30 heavy (non-hydrogen) atoms. The van der Waals surface area contributed by atoms with E-state index in [1.165, 1.54) is 57.8 Å². The van der Waals surface area contributed by atoms with Gasteiger partial charge in [0, 0.05) is 12.3 Å². The Kier molecular flexibility index (Phi) is 3.78. The molecule has 0 amide bonds. The first-order valence-corrected chi connectivity index (χ1v) is 13.3. The van der Waals surface area contributed by atoms with Gasteiger partial charge in [-0.3, -0.25) is 0 Å². The normalized spacial score (nSPS) is 66.0. The van der Waals surface area contributed by atoms with Crippen LogP contribution in [0.15, 0.2) is 0 Å². The van der Waals surface area contributed by atoms with Gasteiger partial charge in [0.05, 0.1) is 18.8 Å². The number of fused-ring (bicyclic) bond motifs is 8. The van der Waals surface area contributed by atoms with Gasteiger partial charge >= 0.3 is 0 Å². The van der Waals surface area contributed by atoms with Crippen LogP contribution in [0.2, 0.25) is 0 Å². The molecule has 168 valence electrons. The van der Waals surface area contributed by atoms with E-state index in [1.807, 2.05) is 0 Å². The molecule has 3 heterocycles.